The molecule has 2 rings (SSSR count). The van der Waals surface area contributed by atoms with Crippen LogP contribution in [0, 0.1) is 18.6 Å². The Hall–Kier alpha value is -2.14. The summed E-state index contributed by atoms with van der Waals surface area (Å²) in [5.74, 6) is -1.98. The van der Waals surface area contributed by atoms with Crippen molar-refractivity contribution in [2.24, 2.45) is 0 Å². The maximum absolute atomic E-state index is 13.1. The van der Waals surface area contributed by atoms with Crippen molar-refractivity contribution in [3.05, 3.63) is 58.6 Å². The van der Waals surface area contributed by atoms with E-state index in [-0.39, 0.29) is 5.69 Å². The number of amides is 1. The molecule has 0 spiro atoms. The van der Waals surface area contributed by atoms with Gasteiger partial charge in [-0.05, 0) is 49.7 Å². The van der Waals surface area contributed by atoms with Crippen molar-refractivity contribution in [2.45, 2.75) is 20.0 Å². The van der Waals surface area contributed by atoms with Crippen molar-refractivity contribution in [3.63, 3.8) is 0 Å². The SMILES string of the molecule is Cc1cc(O[C@H](C)C(=O)Nc2ccc(F)c(F)c2)ccc1Cl. The van der Waals surface area contributed by atoms with Crippen molar-refractivity contribution >= 4 is 23.2 Å². The van der Waals surface area contributed by atoms with Crippen LogP contribution >= 0.6 is 11.6 Å². The van der Waals surface area contributed by atoms with Crippen molar-refractivity contribution in [3.8, 4) is 5.75 Å². The highest BCUT2D eigenvalue weighted by atomic mass is 35.5. The molecular weight excluding hydrogens is 312 g/mol. The summed E-state index contributed by atoms with van der Waals surface area (Å²) in [5, 5.41) is 3.06. The summed E-state index contributed by atoms with van der Waals surface area (Å²) in [4.78, 5) is 12.0. The van der Waals surface area contributed by atoms with E-state index in [1.54, 1.807) is 25.1 Å². The van der Waals surface area contributed by atoms with Gasteiger partial charge in [0.15, 0.2) is 17.7 Å². The average Bonchev–Trinajstić information content (AvgIpc) is 2.46. The number of halogens is 3. The first-order chi connectivity index (χ1) is 10.4. The van der Waals surface area contributed by atoms with E-state index in [1.165, 1.54) is 6.07 Å². The molecule has 0 aliphatic heterocycles. The zero-order chi connectivity index (χ0) is 16.3. The second kappa shape index (κ2) is 6.75. The second-order valence-corrected chi connectivity index (χ2v) is 5.20. The van der Waals surface area contributed by atoms with E-state index in [9.17, 15) is 13.6 Å². The lowest BCUT2D eigenvalue weighted by molar-refractivity contribution is -0.122. The lowest BCUT2D eigenvalue weighted by Gasteiger charge is -2.15. The lowest BCUT2D eigenvalue weighted by atomic mass is 10.2. The molecule has 0 aliphatic rings. The first-order valence-corrected chi connectivity index (χ1v) is 6.93. The van der Waals surface area contributed by atoms with Gasteiger partial charge < -0.3 is 10.1 Å². The predicted molar refractivity (Wildman–Crippen MR) is 81.3 cm³/mol. The number of benzene rings is 2. The fourth-order valence-electron chi connectivity index (χ4n) is 1.77. The maximum Gasteiger partial charge on any atom is 0.265 e. The van der Waals surface area contributed by atoms with Gasteiger partial charge in [0.25, 0.3) is 5.91 Å². The monoisotopic (exact) mass is 325 g/mol. The summed E-state index contributed by atoms with van der Waals surface area (Å²) < 4.78 is 31.4. The first-order valence-electron chi connectivity index (χ1n) is 6.55. The van der Waals surface area contributed by atoms with Gasteiger partial charge in [0.05, 0.1) is 0 Å². The molecule has 0 fully saturated rings. The highest BCUT2D eigenvalue weighted by Crippen LogP contribution is 2.22. The minimum Gasteiger partial charge on any atom is -0.481 e. The molecule has 0 saturated carbocycles. The Morgan fingerprint density at radius 2 is 1.91 bits per heavy atom. The van der Waals surface area contributed by atoms with Crippen molar-refractivity contribution in [1.82, 2.24) is 0 Å². The van der Waals surface area contributed by atoms with Crippen LogP contribution in [0.5, 0.6) is 5.75 Å². The van der Waals surface area contributed by atoms with E-state index in [0.717, 1.165) is 17.7 Å². The average molecular weight is 326 g/mol. The molecule has 0 aliphatic carbocycles. The Morgan fingerprint density at radius 3 is 2.55 bits per heavy atom. The third-order valence-electron chi connectivity index (χ3n) is 3.00. The van der Waals surface area contributed by atoms with Gasteiger partial charge in [-0.3, -0.25) is 4.79 Å². The molecule has 1 amide bonds. The standard InChI is InChI=1S/C16H14ClF2NO2/c1-9-7-12(4-5-13(9)17)22-10(2)16(21)20-11-3-6-14(18)15(19)8-11/h3-8,10H,1-2H3,(H,20,21)/t10-/m1/s1. The third kappa shape index (κ3) is 3.95. The highest BCUT2D eigenvalue weighted by molar-refractivity contribution is 6.31. The van der Waals surface area contributed by atoms with Crippen LogP contribution in [0.1, 0.15) is 12.5 Å². The number of ether oxygens (including phenoxy) is 1. The van der Waals surface area contributed by atoms with Crippen LogP contribution in [0.15, 0.2) is 36.4 Å². The van der Waals surface area contributed by atoms with E-state index in [4.69, 9.17) is 16.3 Å². The van der Waals surface area contributed by atoms with Crippen molar-refractivity contribution in [1.29, 1.82) is 0 Å². The number of hydrogen-bond donors (Lipinski definition) is 1. The Bertz CT molecular complexity index is 707. The molecule has 0 heterocycles. The molecule has 6 heteroatoms. The van der Waals surface area contributed by atoms with E-state index in [2.05, 4.69) is 5.32 Å². The van der Waals surface area contributed by atoms with E-state index < -0.39 is 23.6 Å². The van der Waals surface area contributed by atoms with Crippen LogP contribution in [-0.4, -0.2) is 12.0 Å². The zero-order valence-corrected chi connectivity index (χ0v) is 12.7. The van der Waals surface area contributed by atoms with Crippen LogP contribution < -0.4 is 10.1 Å². The lowest BCUT2D eigenvalue weighted by Crippen LogP contribution is -2.30. The molecule has 0 radical (unpaired) electrons. The van der Waals surface area contributed by atoms with Crippen LogP contribution in [0.3, 0.4) is 0 Å². The number of anilines is 1. The Morgan fingerprint density at radius 1 is 1.18 bits per heavy atom. The van der Waals surface area contributed by atoms with Gasteiger partial charge in [0.1, 0.15) is 5.75 Å². The number of hydrogen-bond acceptors (Lipinski definition) is 2. The minimum atomic E-state index is -1.03. The summed E-state index contributed by atoms with van der Waals surface area (Å²) in [6.45, 7) is 3.38. The van der Waals surface area contributed by atoms with Crippen LogP contribution in [0.4, 0.5) is 14.5 Å². The highest BCUT2D eigenvalue weighted by Gasteiger charge is 2.16. The van der Waals surface area contributed by atoms with E-state index in [1.807, 2.05) is 6.92 Å². The van der Waals surface area contributed by atoms with Crippen LogP contribution in [0.2, 0.25) is 5.02 Å². The molecule has 0 bridgehead atoms. The van der Waals surface area contributed by atoms with Crippen LogP contribution in [0.25, 0.3) is 0 Å². The maximum atomic E-state index is 13.1. The molecule has 0 unspecified atom stereocenters. The second-order valence-electron chi connectivity index (χ2n) is 4.79. The summed E-state index contributed by atoms with van der Waals surface area (Å²) in [6, 6.07) is 8.16. The first kappa shape index (κ1) is 16.2. The summed E-state index contributed by atoms with van der Waals surface area (Å²) in [7, 11) is 0. The molecule has 2 aromatic carbocycles. The third-order valence-corrected chi connectivity index (χ3v) is 3.42. The summed E-state index contributed by atoms with van der Waals surface area (Å²) in [5.41, 5.74) is 0.985. The predicted octanol–water partition coefficient (Wildman–Crippen LogP) is 4.33. The fourth-order valence-corrected chi connectivity index (χ4v) is 1.88. The Balaban J connectivity index is 2.02. The van der Waals surface area contributed by atoms with Gasteiger partial charge in [-0.15, -0.1) is 0 Å². The van der Waals surface area contributed by atoms with Gasteiger partial charge in [0, 0.05) is 16.8 Å². The van der Waals surface area contributed by atoms with Gasteiger partial charge in [-0.25, -0.2) is 8.78 Å². The quantitative estimate of drug-likeness (QED) is 0.908. The van der Waals surface area contributed by atoms with Crippen molar-refractivity contribution < 1.29 is 18.3 Å². The molecule has 22 heavy (non-hydrogen) atoms. The molecule has 1 atom stereocenters. The molecule has 3 nitrogen and oxygen atoms in total. The molecule has 116 valence electrons. The molecular formula is C16H14ClF2NO2. The number of aryl methyl sites for hydroxylation is 1. The van der Waals surface area contributed by atoms with Crippen molar-refractivity contribution in [2.75, 3.05) is 5.32 Å². The van der Waals surface area contributed by atoms with Crippen LogP contribution in [-0.2, 0) is 4.79 Å². The van der Waals surface area contributed by atoms with Gasteiger partial charge >= 0.3 is 0 Å². The number of carbonyl (C=O) groups is 1. The van der Waals surface area contributed by atoms with Gasteiger partial charge in [-0.2, -0.15) is 0 Å². The molecule has 0 aromatic heterocycles. The van der Waals surface area contributed by atoms with Gasteiger partial charge in [-0.1, -0.05) is 11.6 Å². The topological polar surface area (TPSA) is 38.3 Å². The smallest absolute Gasteiger partial charge is 0.265 e. The number of nitrogens with one attached hydrogen (secondary N) is 1. The summed E-state index contributed by atoms with van der Waals surface area (Å²) in [6.07, 6.45) is -0.811. The Kier molecular flexibility index (Phi) is 4.98. The largest absolute Gasteiger partial charge is 0.481 e. The number of carbonyl (C=O) groups excluding carboxylic acids is 1. The summed E-state index contributed by atoms with van der Waals surface area (Å²) >= 11 is 5.91. The fraction of sp³-hybridized carbons (Fsp3) is 0.188. The molecule has 2 aromatic rings. The van der Waals surface area contributed by atoms with E-state index in [0.29, 0.717) is 10.8 Å². The zero-order valence-electron chi connectivity index (χ0n) is 12.0. The number of rotatable bonds is 4. The Labute approximate surface area is 131 Å². The van der Waals surface area contributed by atoms with Gasteiger partial charge in [0.2, 0.25) is 0 Å². The minimum absolute atomic E-state index is 0.159. The van der Waals surface area contributed by atoms with E-state index >= 15 is 0 Å². The normalized spacial score (nSPS) is 11.9. The molecule has 1 N–H and O–H groups in total. The molecule has 0 saturated heterocycles.